The van der Waals surface area contributed by atoms with Gasteiger partial charge in [-0.25, -0.2) is 8.42 Å². The van der Waals surface area contributed by atoms with Gasteiger partial charge >= 0.3 is 0 Å². The predicted octanol–water partition coefficient (Wildman–Crippen LogP) is 4.30. The van der Waals surface area contributed by atoms with Gasteiger partial charge in [-0.1, -0.05) is 23.7 Å². The molecule has 0 fully saturated rings. The van der Waals surface area contributed by atoms with Gasteiger partial charge in [-0.2, -0.15) is 0 Å². The van der Waals surface area contributed by atoms with Crippen molar-refractivity contribution in [2.75, 3.05) is 17.9 Å². The molecule has 2 aromatic carbocycles. The van der Waals surface area contributed by atoms with Crippen LogP contribution in [-0.2, 0) is 14.8 Å². The summed E-state index contributed by atoms with van der Waals surface area (Å²) in [5.74, 6) is -0.366. The van der Waals surface area contributed by atoms with E-state index < -0.39 is 10.0 Å². The first-order valence-electron chi connectivity index (χ1n) is 9.40. The van der Waals surface area contributed by atoms with E-state index >= 15 is 0 Å². The number of sulfonamides is 1. The normalized spacial score (nSPS) is 11.5. The third kappa shape index (κ3) is 6.45. The first kappa shape index (κ1) is 23.2. The largest absolute Gasteiger partial charge is 0.379 e. The summed E-state index contributed by atoms with van der Waals surface area (Å²) in [4.78, 5) is 12.2. The molecule has 0 atom stereocenters. The molecule has 0 radical (unpaired) electrons. The predicted molar refractivity (Wildman–Crippen MR) is 116 cm³/mol. The zero-order valence-corrected chi connectivity index (χ0v) is 18.7. The number of halogens is 1. The van der Waals surface area contributed by atoms with Crippen LogP contribution in [0.4, 0.5) is 5.69 Å². The summed E-state index contributed by atoms with van der Waals surface area (Å²) in [6.07, 6.45) is 0.802. The lowest BCUT2D eigenvalue weighted by atomic mass is 10.1. The molecular weight excluding hydrogens is 412 g/mol. The summed E-state index contributed by atoms with van der Waals surface area (Å²) in [6.45, 7) is 8.59. The maximum Gasteiger partial charge on any atom is 0.263 e. The topological polar surface area (TPSA) is 84.5 Å². The lowest BCUT2D eigenvalue weighted by molar-refractivity contribution is 0.0757. The van der Waals surface area contributed by atoms with Gasteiger partial charge in [0.2, 0.25) is 0 Å². The van der Waals surface area contributed by atoms with Crippen molar-refractivity contribution in [3.05, 3.63) is 58.1 Å². The van der Waals surface area contributed by atoms with Crippen LogP contribution in [0.15, 0.2) is 41.3 Å². The highest BCUT2D eigenvalue weighted by Crippen LogP contribution is 2.27. The van der Waals surface area contributed by atoms with E-state index in [0.717, 1.165) is 11.1 Å². The van der Waals surface area contributed by atoms with Crippen LogP contribution in [0.3, 0.4) is 0 Å². The smallest absolute Gasteiger partial charge is 0.263 e. The Bertz CT molecular complexity index is 975. The van der Waals surface area contributed by atoms with Gasteiger partial charge < -0.3 is 10.1 Å². The molecule has 0 aliphatic rings. The van der Waals surface area contributed by atoms with E-state index in [0.29, 0.717) is 25.3 Å². The minimum absolute atomic E-state index is 0.0460. The summed E-state index contributed by atoms with van der Waals surface area (Å²) in [7, 11) is -3.96. The standard InChI is InChI=1S/C21H27ClN2O4S/c1-14(2)28-12-6-11-23-21(25)17-9-10-18(22)20(13-17)29(26,27)24-19-8-5-7-15(3)16(19)4/h5,7-10,13-14,24H,6,11-12H2,1-4H3,(H,23,25). The van der Waals surface area contributed by atoms with Crippen molar-refractivity contribution < 1.29 is 17.9 Å². The summed E-state index contributed by atoms with van der Waals surface area (Å²) in [5, 5.41) is 2.81. The number of nitrogens with one attached hydrogen (secondary N) is 2. The third-order valence-electron chi connectivity index (χ3n) is 4.39. The van der Waals surface area contributed by atoms with Gasteiger partial charge in [-0.3, -0.25) is 9.52 Å². The van der Waals surface area contributed by atoms with Gasteiger partial charge in [0.1, 0.15) is 4.90 Å². The second kappa shape index (κ2) is 10.1. The second-order valence-electron chi connectivity index (χ2n) is 7.03. The van der Waals surface area contributed by atoms with Crippen molar-refractivity contribution in [2.45, 2.75) is 45.1 Å². The number of carbonyl (C=O) groups excluding carboxylic acids is 1. The Morgan fingerprint density at radius 2 is 1.90 bits per heavy atom. The minimum Gasteiger partial charge on any atom is -0.379 e. The van der Waals surface area contributed by atoms with E-state index in [1.165, 1.54) is 18.2 Å². The van der Waals surface area contributed by atoms with Gasteiger partial charge in [0.05, 0.1) is 16.8 Å². The van der Waals surface area contributed by atoms with E-state index in [9.17, 15) is 13.2 Å². The fourth-order valence-electron chi connectivity index (χ4n) is 2.61. The quantitative estimate of drug-likeness (QED) is 0.571. The number of hydrogen-bond donors (Lipinski definition) is 2. The van der Waals surface area contributed by atoms with Crippen molar-refractivity contribution in [3.8, 4) is 0 Å². The highest BCUT2D eigenvalue weighted by Gasteiger charge is 2.21. The molecule has 8 heteroatoms. The van der Waals surface area contributed by atoms with Crippen LogP contribution >= 0.6 is 11.6 Å². The molecule has 0 aromatic heterocycles. The summed E-state index contributed by atoms with van der Waals surface area (Å²) >= 11 is 6.13. The minimum atomic E-state index is -3.96. The van der Waals surface area contributed by atoms with Crippen LogP contribution in [0.5, 0.6) is 0 Å². The van der Waals surface area contributed by atoms with Crippen molar-refractivity contribution in [3.63, 3.8) is 0 Å². The first-order valence-corrected chi connectivity index (χ1v) is 11.3. The van der Waals surface area contributed by atoms with Crippen LogP contribution in [0.1, 0.15) is 41.8 Å². The average molecular weight is 439 g/mol. The molecule has 0 bridgehead atoms. The molecule has 158 valence electrons. The molecule has 0 spiro atoms. The van der Waals surface area contributed by atoms with Crippen LogP contribution < -0.4 is 10.0 Å². The number of benzene rings is 2. The zero-order chi connectivity index (χ0) is 21.6. The number of rotatable bonds is 9. The summed E-state index contributed by atoms with van der Waals surface area (Å²) in [6, 6.07) is 9.56. The molecule has 0 unspecified atom stereocenters. The van der Waals surface area contributed by atoms with Crippen LogP contribution in [0.25, 0.3) is 0 Å². The second-order valence-corrected chi connectivity index (χ2v) is 9.09. The van der Waals surface area contributed by atoms with Crippen molar-refractivity contribution in [2.24, 2.45) is 0 Å². The molecule has 0 saturated carbocycles. The van der Waals surface area contributed by atoms with Gasteiger partial charge in [0, 0.05) is 18.7 Å². The van der Waals surface area contributed by atoms with Crippen molar-refractivity contribution in [1.29, 1.82) is 0 Å². The maximum absolute atomic E-state index is 12.9. The molecule has 0 aliphatic heterocycles. The number of anilines is 1. The van der Waals surface area contributed by atoms with E-state index in [1.54, 1.807) is 12.1 Å². The monoisotopic (exact) mass is 438 g/mol. The van der Waals surface area contributed by atoms with Crippen molar-refractivity contribution in [1.82, 2.24) is 5.32 Å². The molecule has 2 aromatic rings. The number of ether oxygens (including phenoxy) is 1. The molecule has 1 amide bonds. The third-order valence-corrected chi connectivity index (χ3v) is 6.24. The first-order chi connectivity index (χ1) is 13.6. The SMILES string of the molecule is Cc1cccc(NS(=O)(=O)c2cc(C(=O)NCCCOC(C)C)ccc2Cl)c1C. The molecule has 6 nitrogen and oxygen atoms in total. The van der Waals surface area contributed by atoms with E-state index in [4.69, 9.17) is 16.3 Å². The maximum atomic E-state index is 12.9. The van der Waals surface area contributed by atoms with E-state index in [1.807, 2.05) is 33.8 Å². The number of hydrogen-bond acceptors (Lipinski definition) is 4. The molecule has 2 N–H and O–H groups in total. The van der Waals surface area contributed by atoms with Crippen LogP contribution in [-0.4, -0.2) is 33.6 Å². The molecular formula is C21H27ClN2O4S. The van der Waals surface area contributed by atoms with Gasteiger partial charge in [-0.05, 0) is 69.5 Å². The van der Waals surface area contributed by atoms with Gasteiger partial charge in [-0.15, -0.1) is 0 Å². The lowest BCUT2D eigenvalue weighted by Gasteiger charge is -2.14. The fraction of sp³-hybridized carbons (Fsp3) is 0.381. The molecule has 0 saturated heterocycles. The zero-order valence-electron chi connectivity index (χ0n) is 17.1. The Labute approximate surface area is 177 Å². The van der Waals surface area contributed by atoms with Crippen LogP contribution in [0, 0.1) is 13.8 Å². The highest BCUT2D eigenvalue weighted by atomic mass is 35.5. The highest BCUT2D eigenvalue weighted by molar-refractivity contribution is 7.92. The molecule has 0 aliphatic carbocycles. The summed E-state index contributed by atoms with van der Waals surface area (Å²) < 4.78 is 33.7. The van der Waals surface area contributed by atoms with Crippen molar-refractivity contribution >= 4 is 33.2 Å². The number of carbonyl (C=O) groups is 1. The fourth-order valence-corrected chi connectivity index (χ4v) is 4.26. The van der Waals surface area contributed by atoms with Gasteiger partial charge in [0.15, 0.2) is 0 Å². The number of aryl methyl sites for hydroxylation is 1. The van der Waals surface area contributed by atoms with Gasteiger partial charge in [0.25, 0.3) is 15.9 Å². The van der Waals surface area contributed by atoms with Crippen LogP contribution in [0.2, 0.25) is 5.02 Å². The Morgan fingerprint density at radius 3 is 2.59 bits per heavy atom. The Hall–Kier alpha value is -2.09. The molecule has 29 heavy (non-hydrogen) atoms. The Balaban J connectivity index is 2.15. The molecule has 2 rings (SSSR count). The average Bonchev–Trinajstić information content (AvgIpc) is 2.65. The Morgan fingerprint density at radius 1 is 1.17 bits per heavy atom. The number of amides is 1. The Kier molecular flexibility index (Phi) is 8.07. The van der Waals surface area contributed by atoms with E-state index in [2.05, 4.69) is 10.0 Å². The lowest BCUT2D eigenvalue weighted by Crippen LogP contribution is -2.26. The molecule has 0 heterocycles. The van der Waals surface area contributed by atoms with E-state index in [-0.39, 0.29) is 27.5 Å². The summed E-state index contributed by atoms with van der Waals surface area (Å²) in [5.41, 5.74) is 2.48.